The number of hydrogen-bond acceptors (Lipinski definition) is 5. The molecule has 28 heavy (non-hydrogen) atoms. The van der Waals surface area contributed by atoms with Crippen LogP contribution in [-0.2, 0) is 16.3 Å². The van der Waals surface area contributed by atoms with Gasteiger partial charge in [-0.15, -0.1) is 0 Å². The van der Waals surface area contributed by atoms with Crippen molar-refractivity contribution < 1.29 is 13.2 Å². The molecule has 1 saturated heterocycles. The van der Waals surface area contributed by atoms with E-state index < -0.39 is 9.84 Å². The van der Waals surface area contributed by atoms with Gasteiger partial charge in [-0.05, 0) is 61.7 Å². The zero-order valence-electron chi connectivity index (χ0n) is 16.3. The number of likely N-dealkylation sites (tertiary alicyclic amines) is 1. The Morgan fingerprint density at radius 1 is 1.21 bits per heavy atom. The van der Waals surface area contributed by atoms with Crippen molar-refractivity contribution in [3.8, 4) is 11.8 Å². The number of benzene rings is 2. The predicted molar refractivity (Wildman–Crippen MR) is 109 cm³/mol. The highest BCUT2D eigenvalue weighted by Gasteiger charge is 2.29. The number of nitrogens with zero attached hydrogens (tertiary/aromatic N) is 2. The minimum atomic E-state index is -3.18. The molecule has 0 unspecified atom stereocenters. The molecule has 3 rings (SSSR count). The van der Waals surface area contributed by atoms with Crippen LogP contribution in [0.4, 0.5) is 0 Å². The van der Waals surface area contributed by atoms with Gasteiger partial charge in [-0.2, -0.15) is 5.26 Å². The molecule has 1 aliphatic rings. The Hall–Kier alpha value is -2.36. The Morgan fingerprint density at radius 3 is 2.64 bits per heavy atom. The fourth-order valence-corrected chi connectivity index (χ4v) is 4.35. The van der Waals surface area contributed by atoms with E-state index in [9.17, 15) is 8.42 Å². The van der Waals surface area contributed by atoms with Crippen LogP contribution < -0.4 is 4.74 Å². The van der Waals surface area contributed by atoms with Crippen molar-refractivity contribution >= 4 is 9.84 Å². The van der Waals surface area contributed by atoms with Gasteiger partial charge in [-0.3, -0.25) is 4.90 Å². The minimum absolute atomic E-state index is 0.306. The second-order valence-corrected chi connectivity index (χ2v) is 9.58. The molecule has 1 aliphatic heterocycles. The van der Waals surface area contributed by atoms with Gasteiger partial charge in [-0.25, -0.2) is 8.42 Å². The van der Waals surface area contributed by atoms with Crippen molar-refractivity contribution in [1.82, 2.24) is 4.90 Å². The number of ether oxygens (including phenoxy) is 1. The van der Waals surface area contributed by atoms with Gasteiger partial charge in [0.15, 0.2) is 9.84 Å². The first kappa shape index (κ1) is 20.4. The standard InChI is InChI=1S/C22H26N2O3S/c1-17-12-20(16-27-21-6-8-22(9-7-21)28(2,25)26)15-24(17)11-10-18-4-3-5-19(13-18)14-23/h3-9,13,17,20H,10-12,15-16H2,1-2H3/t17-,20+/m0/s1. The average Bonchev–Trinajstić information content (AvgIpc) is 3.04. The first-order valence-corrected chi connectivity index (χ1v) is 11.4. The molecule has 6 heteroatoms. The van der Waals surface area contributed by atoms with Gasteiger partial charge >= 0.3 is 0 Å². The van der Waals surface area contributed by atoms with Crippen LogP contribution in [0.15, 0.2) is 53.4 Å². The van der Waals surface area contributed by atoms with Crippen LogP contribution in [0.5, 0.6) is 5.75 Å². The average molecular weight is 399 g/mol. The van der Waals surface area contributed by atoms with Gasteiger partial charge in [0, 0.05) is 31.3 Å². The van der Waals surface area contributed by atoms with E-state index in [4.69, 9.17) is 10.00 Å². The molecule has 5 nitrogen and oxygen atoms in total. The van der Waals surface area contributed by atoms with Gasteiger partial charge in [0.05, 0.1) is 23.1 Å². The lowest BCUT2D eigenvalue weighted by Gasteiger charge is -2.21. The lowest BCUT2D eigenvalue weighted by atomic mass is 10.1. The van der Waals surface area contributed by atoms with Crippen molar-refractivity contribution in [3.63, 3.8) is 0 Å². The highest BCUT2D eigenvalue weighted by Crippen LogP contribution is 2.25. The number of hydrogen-bond donors (Lipinski definition) is 0. The molecule has 0 spiro atoms. The van der Waals surface area contributed by atoms with E-state index in [0.717, 1.165) is 25.9 Å². The summed E-state index contributed by atoms with van der Waals surface area (Å²) in [6, 6.07) is 17.1. The molecule has 0 radical (unpaired) electrons. The third-order valence-electron chi connectivity index (χ3n) is 5.27. The SMILES string of the molecule is C[C@H]1C[C@@H](COc2ccc(S(C)(=O)=O)cc2)CN1CCc1cccc(C#N)c1. The molecule has 2 aromatic carbocycles. The summed E-state index contributed by atoms with van der Waals surface area (Å²) in [7, 11) is -3.18. The maximum Gasteiger partial charge on any atom is 0.175 e. The molecule has 2 aromatic rings. The summed E-state index contributed by atoms with van der Waals surface area (Å²) < 4.78 is 28.9. The molecular formula is C22H26N2O3S. The third kappa shape index (κ3) is 5.34. The highest BCUT2D eigenvalue weighted by atomic mass is 32.2. The van der Waals surface area contributed by atoms with Gasteiger partial charge < -0.3 is 4.74 Å². The third-order valence-corrected chi connectivity index (χ3v) is 6.40. The molecule has 1 heterocycles. The summed E-state index contributed by atoms with van der Waals surface area (Å²) in [5.41, 5.74) is 1.90. The van der Waals surface area contributed by atoms with Crippen molar-refractivity contribution in [1.29, 1.82) is 5.26 Å². The van der Waals surface area contributed by atoms with Gasteiger partial charge in [0.2, 0.25) is 0 Å². The zero-order chi connectivity index (χ0) is 20.1. The summed E-state index contributed by atoms with van der Waals surface area (Å²) in [6.07, 6.45) is 3.22. The maximum atomic E-state index is 11.5. The monoisotopic (exact) mass is 398 g/mol. The van der Waals surface area contributed by atoms with Crippen LogP contribution >= 0.6 is 0 Å². The molecule has 0 saturated carbocycles. The van der Waals surface area contributed by atoms with E-state index in [1.807, 2.05) is 18.2 Å². The van der Waals surface area contributed by atoms with E-state index in [2.05, 4.69) is 24.0 Å². The largest absolute Gasteiger partial charge is 0.493 e. The van der Waals surface area contributed by atoms with Crippen molar-refractivity contribution in [2.24, 2.45) is 5.92 Å². The molecule has 148 valence electrons. The second kappa shape index (κ2) is 8.76. The first-order valence-electron chi connectivity index (χ1n) is 9.51. The molecule has 0 aliphatic carbocycles. The summed E-state index contributed by atoms with van der Waals surface area (Å²) in [6.45, 7) is 4.83. The summed E-state index contributed by atoms with van der Waals surface area (Å²) in [5.74, 6) is 1.15. The van der Waals surface area contributed by atoms with E-state index in [-0.39, 0.29) is 0 Å². The molecular weight excluding hydrogens is 372 g/mol. The Balaban J connectivity index is 1.49. The first-order chi connectivity index (χ1) is 13.3. The molecule has 1 fully saturated rings. The topological polar surface area (TPSA) is 70.4 Å². The second-order valence-electron chi connectivity index (χ2n) is 7.56. The predicted octanol–water partition coefficient (Wildman–Crippen LogP) is 3.29. The molecule has 0 aromatic heterocycles. The summed E-state index contributed by atoms with van der Waals surface area (Å²) in [5, 5.41) is 9.02. The Bertz CT molecular complexity index is 948. The van der Waals surface area contributed by atoms with Crippen LogP contribution in [0.1, 0.15) is 24.5 Å². The Kier molecular flexibility index (Phi) is 6.38. The quantitative estimate of drug-likeness (QED) is 0.716. The van der Waals surface area contributed by atoms with Gasteiger partial charge in [-0.1, -0.05) is 12.1 Å². The highest BCUT2D eigenvalue weighted by molar-refractivity contribution is 7.90. The smallest absolute Gasteiger partial charge is 0.175 e. The van der Waals surface area contributed by atoms with Crippen molar-refractivity contribution in [3.05, 3.63) is 59.7 Å². The number of nitriles is 1. The fraction of sp³-hybridized carbons (Fsp3) is 0.409. The van der Waals surface area contributed by atoms with Crippen molar-refractivity contribution in [2.45, 2.75) is 30.7 Å². The molecule has 0 amide bonds. The van der Waals surface area contributed by atoms with E-state index in [1.54, 1.807) is 24.3 Å². The molecule has 0 bridgehead atoms. The van der Waals surface area contributed by atoms with Gasteiger partial charge in [0.1, 0.15) is 5.75 Å². The molecule has 2 atom stereocenters. The molecule has 0 N–H and O–H groups in total. The normalized spacial score (nSPS) is 20.0. The van der Waals surface area contributed by atoms with Crippen LogP contribution in [0.2, 0.25) is 0 Å². The summed E-state index contributed by atoms with van der Waals surface area (Å²) >= 11 is 0. The number of rotatable bonds is 7. The zero-order valence-corrected chi connectivity index (χ0v) is 17.2. The van der Waals surface area contributed by atoms with Crippen LogP contribution in [0, 0.1) is 17.2 Å². The van der Waals surface area contributed by atoms with Crippen LogP contribution in [-0.4, -0.2) is 45.3 Å². The van der Waals surface area contributed by atoms with Crippen molar-refractivity contribution in [2.75, 3.05) is 26.0 Å². The fourth-order valence-electron chi connectivity index (χ4n) is 3.72. The summed E-state index contributed by atoms with van der Waals surface area (Å²) in [4.78, 5) is 2.78. The Morgan fingerprint density at radius 2 is 1.96 bits per heavy atom. The van der Waals surface area contributed by atoms with Gasteiger partial charge in [0.25, 0.3) is 0 Å². The Labute approximate surface area is 167 Å². The van der Waals surface area contributed by atoms with E-state index in [0.29, 0.717) is 34.8 Å². The van der Waals surface area contributed by atoms with Crippen LogP contribution in [0.25, 0.3) is 0 Å². The lowest BCUT2D eigenvalue weighted by Crippen LogP contribution is -2.29. The minimum Gasteiger partial charge on any atom is -0.493 e. The van der Waals surface area contributed by atoms with E-state index in [1.165, 1.54) is 11.8 Å². The number of sulfone groups is 1. The lowest BCUT2D eigenvalue weighted by molar-refractivity contribution is 0.234. The van der Waals surface area contributed by atoms with E-state index >= 15 is 0 Å². The van der Waals surface area contributed by atoms with Crippen LogP contribution in [0.3, 0.4) is 0 Å². The maximum absolute atomic E-state index is 11.5.